The maximum Gasteiger partial charge on any atom is 0.252 e. The van der Waals surface area contributed by atoms with Gasteiger partial charge in [0.05, 0.1) is 17.1 Å². The van der Waals surface area contributed by atoms with Crippen LogP contribution in [0.5, 0.6) is 0 Å². The number of hydrogen-bond donors (Lipinski definition) is 2. The van der Waals surface area contributed by atoms with E-state index in [9.17, 15) is 9.18 Å². The van der Waals surface area contributed by atoms with Gasteiger partial charge in [-0.25, -0.2) is 4.39 Å². The zero-order chi connectivity index (χ0) is 19.6. The molecule has 2 rings (SSSR count). The smallest absolute Gasteiger partial charge is 0.252 e. The summed E-state index contributed by atoms with van der Waals surface area (Å²) in [5.74, 6) is 0.202. The van der Waals surface area contributed by atoms with E-state index in [-0.39, 0.29) is 11.7 Å². The van der Waals surface area contributed by atoms with Crippen molar-refractivity contribution in [2.24, 2.45) is 4.99 Å². The fraction of sp³-hybridized carbons (Fsp3) is 0.300. The van der Waals surface area contributed by atoms with Gasteiger partial charge in [0.25, 0.3) is 5.91 Å². The maximum atomic E-state index is 13.3. The minimum atomic E-state index is -0.259. The van der Waals surface area contributed by atoms with Crippen LogP contribution in [-0.2, 0) is 6.54 Å². The number of aliphatic imine (C=N–C) groups is 1. The molecule has 0 radical (unpaired) electrons. The first-order chi connectivity index (χ1) is 13.0. The fourth-order valence-electron chi connectivity index (χ4n) is 2.53. The van der Waals surface area contributed by atoms with Crippen molar-refractivity contribution in [3.05, 3.63) is 70.5 Å². The van der Waals surface area contributed by atoms with E-state index >= 15 is 0 Å². The molecule has 2 aromatic carbocycles. The normalized spacial score (nSPS) is 11.2. The van der Waals surface area contributed by atoms with Crippen LogP contribution >= 0.6 is 11.6 Å². The predicted octanol–water partition coefficient (Wildman–Crippen LogP) is 3.31. The summed E-state index contributed by atoms with van der Waals surface area (Å²) in [6, 6.07) is 13.4. The van der Waals surface area contributed by atoms with Crippen molar-refractivity contribution in [1.82, 2.24) is 15.5 Å². The largest absolute Gasteiger partial charge is 0.357 e. The van der Waals surface area contributed by atoms with Gasteiger partial charge in [-0.2, -0.15) is 0 Å². The molecule has 0 spiro atoms. The number of amides is 1. The van der Waals surface area contributed by atoms with Crippen molar-refractivity contribution in [2.75, 3.05) is 26.7 Å². The number of carbonyl (C=O) groups is 1. The molecule has 0 fully saturated rings. The van der Waals surface area contributed by atoms with E-state index in [1.54, 1.807) is 30.3 Å². The summed E-state index contributed by atoms with van der Waals surface area (Å²) in [5.41, 5.74) is 1.30. The van der Waals surface area contributed by atoms with Gasteiger partial charge in [-0.1, -0.05) is 35.9 Å². The molecule has 0 saturated heterocycles. The zero-order valence-corrected chi connectivity index (χ0v) is 16.3. The molecule has 1 amide bonds. The predicted molar refractivity (Wildman–Crippen MR) is 108 cm³/mol. The second kappa shape index (κ2) is 10.5. The summed E-state index contributed by atoms with van der Waals surface area (Å²) in [4.78, 5) is 18.6. The highest BCUT2D eigenvalue weighted by atomic mass is 35.5. The van der Waals surface area contributed by atoms with Gasteiger partial charge in [0.15, 0.2) is 5.96 Å². The molecule has 2 aromatic rings. The average molecular weight is 391 g/mol. The minimum absolute atomic E-state index is 0.228. The molecule has 2 N–H and O–H groups in total. The number of carbonyl (C=O) groups excluding carboxylic acids is 1. The van der Waals surface area contributed by atoms with Gasteiger partial charge in [-0.3, -0.25) is 9.79 Å². The molecule has 0 aliphatic heterocycles. The van der Waals surface area contributed by atoms with Crippen molar-refractivity contribution in [1.29, 1.82) is 0 Å². The third-order valence-electron chi connectivity index (χ3n) is 3.78. The second-order valence-corrected chi connectivity index (χ2v) is 6.36. The zero-order valence-electron chi connectivity index (χ0n) is 15.5. The van der Waals surface area contributed by atoms with Crippen LogP contribution in [0, 0.1) is 5.82 Å². The van der Waals surface area contributed by atoms with Crippen LogP contribution in [0.3, 0.4) is 0 Å². The van der Waals surface area contributed by atoms with Gasteiger partial charge < -0.3 is 15.5 Å². The Bertz CT molecular complexity index is 797. The fourth-order valence-corrected chi connectivity index (χ4v) is 2.75. The molecule has 0 unspecified atom stereocenters. The Hall–Kier alpha value is -2.60. The Labute approximate surface area is 164 Å². The SMILES string of the molecule is CCNC(=NCCNC(=O)c1ccccc1Cl)N(C)Cc1cccc(F)c1. The Kier molecular flexibility index (Phi) is 8.07. The van der Waals surface area contributed by atoms with E-state index in [1.807, 2.05) is 24.9 Å². The number of rotatable bonds is 7. The summed E-state index contributed by atoms with van der Waals surface area (Å²) in [5, 5.41) is 6.42. The van der Waals surface area contributed by atoms with Crippen LogP contribution in [0.2, 0.25) is 5.02 Å². The number of nitrogens with zero attached hydrogens (tertiary/aromatic N) is 2. The van der Waals surface area contributed by atoms with E-state index in [1.165, 1.54) is 12.1 Å². The highest BCUT2D eigenvalue weighted by Crippen LogP contribution is 2.14. The number of benzene rings is 2. The van der Waals surface area contributed by atoms with Crippen molar-refractivity contribution in [3.8, 4) is 0 Å². The monoisotopic (exact) mass is 390 g/mol. The molecule has 144 valence electrons. The Balaban J connectivity index is 1.90. The van der Waals surface area contributed by atoms with Crippen LogP contribution < -0.4 is 10.6 Å². The summed E-state index contributed by atoms with van der Waals surface area (Å²) >= 11 is 6.02. The third-order valence-corrected chi connectivity index (χ3v) is 4.11. The van der Waals surface area contributed by atoms with Crippen molar-refractivity contribution < 1.29 is 9.18 Å². The third kappa shape index (κ3) is 6.57. The first-order valence-corrected chi connectivity index (χ1v) is 9.15. The topological polar surface area (TPSA) is 56.7 Å². The van der Waals surface area contributed by atoms with Gasteiger partial charge >= 0.3 is 0 Å². The molecule has 0 aliphatic rings. The van der Waals surface area contributed by atoms with Gasteiger partial charge in [-0.15, -0.1) is 0 Å². The maximum absolute atomic E-state index is 13.3. The lowest BCUT2D eigenvalue weighted by Gasteiger charge is -2.22. The summed E-state index contributed by atoms with van der Waals surface area (Å²) in [7, 11) is 1.88. The molecule has 0 atom stereocenters. The first kappa shape index (κ1) is 20.7. The van der Waals surface area contributed by atoms with E-state index in [0.717, 1.165) is 5.56 Å². The Morgan fingerprint density at radius 3 is 2.67 bits per heavy atom. The standard InChI is InChI=1S/C20H24ClFN4O/c1-3-23-20(26(2)14-15-7-6-8-16(22)13-15)25-12-11-24-19(27)17-9-4-5-10-18(17)21/h4-10,13H,3,11-12,14H2,1-2H3,(H,23,25)(H,24,27). The van der Waals surface area contributed by atoms with E-state index in [4.69, 9.17) is 11.6 Å². The Morgan fingerprint density at radius 2 is 1.96 bits per heavy atom. The van der Waals surface area contributed by atoms with E-state index in [0.29, 0.717) is 42.7 Å². The highest BCUT2D eigenvalue weighted by Gasteiger charge is 2.09. The molecule has 5 nitrogen and oxygen atoms in total. The molecule has 0 heterocycles. The van der Waals surface area contributed by atoms with Crippen LogP contribution in [0.25, 0.3) is 0 Å². The number of halogens is 2. The van der Waals surface area contributed by atoms with Gasteiger partial charge in [-0.05, 0) is 36.8 Å². The van der Waals surface area contributed by atoms with E-state index in [2.05, 4.69) is 15.6 Å². The minimum Gasteiger partial charge on any atom is -0.357 e. The summed E-state index contributed by atoms with van der Waals surface area (Å²) in [6.45, 7) is 4.00. The summed E-state index contributed by atoms with van der Waals surface area (Å²) < 4.78 is 13.3. The lowest BCUT2D eigenvalue weighted by atomic mass is 10.2. The first-order valence-electron chi connectivity index (χ1n) is 8.78. The highest BCUT2D eigenvalue weighted by molar-refractivity contribution is 6.33. The van der Waals surface area contributed by atoms with Crippen molar-refractivity contribution >= 4 is 23.5 Å². The molecular weight excluding hydrogens is 367 g/mol. The molecule has 27 heavy (non-hydrogen) atoms. The number of guanidine groups is 1. The van der Waals surface area contributed by atoms with Gasteiger partial charge in [0.2, 0.25) is 0 Å². The van der Waals surface area contributed by atoms with Crippen LogP contribution in [0.15, 0.2) is 53.5 Å². The lowest BCUT2D eigenvalue weighted by molar-refractivity contribution is 0.0955. The quantitative estimate of drug-likeness (QED) is 0.433. The molecule has 0 aromatic heterocycles. The van der Waals surface area contributed by atoms with Crippen molar-refractivity contribution in [2.45, 2.75) is 13.5 Å². The molecule has 0 aliphatic carbocycles. The lowest BCUT2D eigenvalue weighted by Crippen LogP contribution is -2.39. The van der Waals surface area contributed by atoms with Crippen LogP contribution in [-0.4, -0.2) is 43.4 Å². The Morgan fingerprint density at radius 1 is 1.19 bits per heavy atom. The number of hydrogen-bond acceptors (Lipinski definition) is 2. The molecule has 0 bridgehead atoms. The molecular formula is C20H24ClFN4O. The molecule has 7 heteroatoms. The van der Waals surface area contributed by atoms with E-state index < -0.39 is 0 Å². The van der Waals surface area contributed by atoms with Gasteiger partial charge in [0, 0.05) is 26.7 Å². The molecule has 0 saturated carbocycles. The van der Waals surface area contributed by atoms with Crippen LogP contribution in [0.1, 0.15) is 22.8 Å². The van der Waals surface area contributed by atoms with Gasteiger partial charge in [0.1, 0.15) is 5.82 Å². The number of nitrogens with one attached hydrogen (secondary N) is 2. The second-order valence-electron chi connectivity index (χ2n) is 5.96. The average Bonchev–Trinajstić information content (AvgIpc) is 2.64. The van der Waals surface area contributed by atoms with Crippen LogP contribution in [0.4, 0.5) is 4.39 Å². The van der Waals surface area contributed by atoms with Crippen molar-refractivity contribution in [3.63, 3.8) is 0 Å². The summed E-state index contributed by atoms with van der Waals surface area (Å²) in [6.07, 6.45) is 0.